The number of alkyl halides is 3. The van der Waals surface area contributed by atoms with Crippen molar-refractivity contribution in [2.45, 2.75) is 13.1 Å². The third-order valence-corrected chi connectivity index (χ3v) is 3.73. The summed E-state index contributed by atoms with van der Waals surface area (Å²) in [5.74, 6) is -0.759. The molecular weight excluding hydrogens is 345 g/mol. The quantitative estimate of drug-likeness (QED) is 0.728. The Morgan fingerprint density at radius 1 is 0.962 bits per heavy atom. The molecule has 0 aliphatic heterocycles. The molecule has 7 heteroatoms. The summed E-state index contributed by atoms with van der Waals surface area (Å²) in [5, 5.41) is 9.10. The molecule has 0 saturated heterocycles. The van der Waals surface area contributed by atoms with Gasteiger partial charge in [0.1, 0.15) is 0 Å². The molecule has 132 valence electrons. The van der Waals surface area contributed by atoms with Crippen molar-refractivity contribution in [3.63, 3.8) is 0 Å². The minimum atomic E-state index is -4.40. The van der Waals surface area contributed by atoms with Crippen molar-refractivity contribution in [2.24, 2.45) is 0 Å². The lowest BCUT2D eigenvalue weighted by atomic mass is 10.1. The van der Waals surface area contributed by atoms with E-state index in [4.69, 9.17) is 5.11 Å². The number of carboxylic acids is 1. The van der Waals surface area contributed by atoms with E-state index in [1.807, 2.05) is 0 Å². The zero-order chi connectivity index (χ0) is 18.9. The van der Waals surface area contributed by atoms with E-state index in [0.29, 0.717) is 28.3 Å². The van der Waals surface area contributed by atoms with Crippen LogP contribution in [0.25, 0.3) is 22.6 Å². The van der Waals surface area contributed by atoms with Crippen molar-refractivity contribution in [1.82, 2.24) is 9.97 Å². The second-order valence-electron chi connectivity index (χ2n) is 5.68. The van der Waals surface area contributed by atoms with Crippen molar-refractivity contribution in [3.05, 3.63) is 71.4 Å². The summed E-state index contributed by atoms with van der Waals surface area (Å²) in [6.07, 6.45) is -4.40. The van der Waals surface area contributed by atoms with E-state index in [9.17, 15) is 18.0 Å². The smallest absolute Gasteiger partial charge is 0.416 e. The molecular formula is C19H13F3N2O2. The first-order chi connectivity index (χ1) is 12.2. The molecule has 0 saturated carbocycles. The summed E-state index contributed by atoms with van der Waals surface area (Å²) in [7, 11) is 0. The molecule has 0 bridgehead atoms. The molecule has 0 aliphatic carbocycles. The van der Waals surface area contributed by atoms with Crippen LogP contribution >= 0.6 is 0 Å². The predicted octanol–water partition coefficient (Wildman–Crippen LogP) is 4.84. The van der Waals surface area contributed by atoms with Gasteiger partial charge in [0.05, 0.1) is 16.8 Å². The Hall–Kier alpha value is -3.22. The Labute approximate surface area is 147 Å². The maximum absolute atomic E-state index is 12.7. The molecule has 0 spiro atoms. The SMILES string of the molecule is Cc1cc(-c2ccc(C(F)(F)F)cc2)nc(-c2cccc(C(=O)O)c2)n1. The number of hydrogen-bond acceptors (Lipinski definition) is 3. The molecule has 0 radical (unpaired) electrons. The minimum Gasteiger partial charge on any atom is -0.478 e. The highest BCUT2D eigenvalue weighted by Crippen LogP contribution is 2.31. The van der Waals surface area contributed by atoms with Gasteiger partial charge in [-0.2, -0.15) is 13.2 Å². The van der Waals surface area contributed by atoms with Gasteiger partial charge in [0.15, 0.2) is 5.82 Å². The van der Waals surface area contributed by atoms with Gasteiger partial charge < -0.3 is 5.11 Å². The molecule has 3 aromatic rings. The van der Waals surface area contributed by atoms with E-state index < -0.39 is 17.7 Å². The third-order valence-electron chi connectivity index (χ3n) is 3.73. The summed E-state index contributed by atoms with van der Waals surface area (Å²) in [6, 6.07) is 12.5. The van der Waals surface area contributed by atoms with Crippen LogP contribution in [0.5, 0.6) is 0 Å². The monoisotopic (exact) mass is 358 g/mol. The van der Waals surface area contributed by atoms with Gasteiger partial charge in [-0.05, 0) is 37.3 Å². The third kappa shape index (κ3) is 3.72. The van der Waals surface area contributed by atoms with Crippen molar-refractivity contribution >= 4 is 5.97 Å². The topological polar surface area (TPSA) is 63.1 Å². The van der Waals surface area contributed by atoms with E-state index in [-0.39, 0.29) is 5.56 Å². The summed E-state index contributed by atoms with van der Waals surface area (Å²) < 4.78 is 38.1. The van der Waals surface area contributed by atoms with Crippen LogP contribution in [0.4, 0.5) is 13.2 Å². The Morgan fingerprint density at radius 3 is 2.27 bits per heavy atom. The van der Waals surface area contributed by atoms with Gasteiger partial charge in [-0.15, -0.1) is 0 Å². The lowest BCUT2D eigenvalue weighted by Crippen LogP contribution is -2.04. The fraction of sp³-hybridized carbons (Fsp3) is 0.105. The van der Waals surface area contributed by atoms with Crippen LogP contribution in [0, 0.1) is 6.92 Å². The normalized spacial score (nSPS) is 11.4. The van der Waals surface area contributed by atoms with Gasteiger partial charge in [-0.3, -0.25) is 0 Å². The Bertz CT molecular complexity index is 967. The standard InChI is InChI=1S/C19H13F3N2O2/c1-11-9-16(12-5-7-15(8-6-12)19(20,21)22)24-17(23-11)13-3-2-4-14(10-13)18(25)26/h2-10H,1H3,(H,25,26). The molecule has 1 N–H and O–H groups in total. The fourth-order valence-corrected chi connectivity index (χ4v) is 2.47. The van der Waals surface area contributed by atoms with Crippen molar-refractivity contribution in [1.29, 1.82) is 0 Å². The Kier molecular flexibility index (Phi) is 4.46. The van der Waals surface area contributed by atoms with E-state index in [1.54, 1.807) is 25.1 Å². The van der Waals surface area contributed by atoms with E-state index in [1.165, 1.54) is 24.3 Å². The van der Waals surface area contributed by atoms with Gasteiger partial charge in [-0.25, -0.2) is 14.8 Å². The Morgan fingerprint density at radius 2 is 1.65 bits per heavy atom. The van der Waals surface area contributed by atoms with Gasteiger partial charge in [0.2, 0.25) is 0 Å². The molecule has 4 nitrogen and oxygen atoms in total. The molecule has 26 heavy (non-hydrogen) atoms. The van der Waals surface area contributed by atoms with Gasteiger partial charge in [0, 0.05) is 16.8 Å². The second kappa shape index (κ2) is 6.59. The van der Waals surface area contributed by atoms with Crippen LogP contribution in [0.15, 0.2) is 54.6 Å². The van der Waals surface area contributed by atoms with Crippen molar-refractivity contribution in [3.8, 4) is 22.6 Å². The number of halogens is 3. The number of aromatic nitrogens is 2. The van der Waals surface area contributed by atoms with E-state index >= 15 is 0 Å². The summed E-state index contributed by atoms with van der Waals surface area (Å²) in [4.78, 5) is 19.8. The van der Waals surface area contributed by atoms with Gasteiger partial charge >= 0.3 is 12.1 Å². The molecule has 3 rings (SSSR count). The minimum absolute atomic E-state index is 0.101. The molecule has 0 atom stereocenters. The fourth-order valence-electron chi connectivity index (χ4n) is 2.47. The molecule has 0 aliphatic rings. The van der Waals surface area contributed by atoms with Crippen LogP contribution in [-0.2, 0) is 6.18 Å². The van der Waals surface area contributed by atoms with Crippen LogP contribution in [0.2, 0.25) is 0 Å². The highest BCUT2D eigenvalue weighted by atomic mass is 19.4. The summed E-state index contributed by atoms with van der Waals surface area (Å²) in [5.41, 5.74) is 1.47. The highest BCUT2D eigenvalue weighted by Gasteiger charge is 2.30. The van der Waals surface area contributed by atoms with Gasteiger partial charge in [0.25, 0.3) is 0 Å². The molecule has 2 aromatic carbocycles. The zero-order valence-electron chi connectivity index (χ0n) is 13.6. The summed E-state index contributed by atoms with van der Waals surface area (Å²) >= 11 is 0. The van der Waals surface area contributed by atoms with E-state index in [0.717, 1.165) is 12.1 Å². The van der Waals surface area contributed by atoms with Crippen molar-refractivity contribution in [2.75, 3.05) is 0 Å². The number of aromatic carboxylic acids is 1. The lowest BCUT2D eigenvalue weighted by Gasteiger charge is -2.09. The van der Waals surface area contributed by atoms with Crippen LogP contribution < -0.4 is 0 Å². The number of benzene rings is 2. The first-order valence-electron chi connectivity index (χ1n) is 7.61. The average Bonchev–Trinajstić information content (AvgIpc) is 2.60. The average molecular weight is 358 g/mol. The second-order valence-corrected chi connectivity index (χ2v) is 5.68. The molecule has 0 fully saturated rings. The summed E-state index contributed by atoms with van der Waals surface area (Å²) in [6.45, 7) is 1.74. The number of hydrogen-bond donors (Lipinski definition) is 1. The van der Waals surface area contributed by atoms with Crippen LogP contribution in [0.3, 0.4) is 0 Å². The zero-order valence-corrected chi connectivity index (χ0v) is 13.6. The Balaban J connectivity index is 2.03. The van der Waals surface area contributed by atoms with Crippen molar-refractivity contribution < 1.29 is 23.1 Å². The molecule has 1 aromatic heterocycles. The molecule has 0 unspecified atom stereocenters. The van der Waals surface area contributed by atoms with Crippen LogP contribution in [0.1, 0.15) is 21.6 Å². The molecule has 0 amide bonds. The number of nitrogens with zero attached hydrogens (tertiary/aromatic N) is 2. The maximum atomic E-state index is 12.7. The van der Waals surface area contributed by atoms with E-state index in [2.05, 4.69) is 9.97 Å². The van der Waals surface area contributed by atoms with Crippen LogP contribution in [-0.4, -0.2) is 21.0 Å². The first-order valence-corrected chi connectivity index (χ1v) is 7.61. The number of carboxylic acid groups (broad SMARTS) is 1. The first kappa shape index (κ1) is 17.6. The number of rotatable bonds is 3. The number of aryl methyl sites for hydroxylation is 1. The maximum Gasteiger partial charge on any atom is 0.416 e. The lowest BCUT2D eigenvalue weighted by molar-refractivity contribution is -0.137. The largest absolute Gasteiger partial charge is 0.478 e. The highest BCUT2D eigenvalue weighted by molar-refractivity contribution is 5.89. The molecule has 1 heterocycles. The predicted molar refractivity (Wildman–Crippen MR) is 89.6 cm³/mol. The van der Waals surface area contributed by atoms with Gasteiger partial charge in [-0.1, -0.05) is 24.3 Å². The number of carbonyl (C=O) groups is 1.